The summed E-state index contributed by atoms with van der Waals surface area (Å²) in [6, 6.07) is 3.81. The number of benzene rings is 1. The number of fused-ring (bicyclic) bond motifs is 2. The summed E-state index contributed by atoms with van der Waals surface area (Å²) in [5.74, 6) is -2.18. The van der Waals surface area contributed by atoms with Gasteiger partial charge in [-0.1, -0.05) is 12.8 Å². The van der Waals surface area contributed by atoms with E-state index in [9.17, 15) is 23.2 Å². The summed E-state index contributed by atoms with van der Waals surface area (Å²) in [6.07, 6.45) is -0.590. The molecule has 3 aliphatic rings. The van der Waals surface area contributed by atoms with E-state index in [0.717, 1.165) is 17.7 Å². The number of imide groups is 1. The maximum atomic E-state index is 13.0. The zero-order valence-corrected chi connectivity index (χ0v) is 13.7. The standard InChI is InChI=1S/C17H16F2N2O5/c18-17(19)25-12-6-5-9(7-13(12)26-17)20-14(22)8-21-15(23)10-3-1-2-4-11(10)16(21)24/h5-7,10-11H,1-4,8H2,(H,20,22)/t10-,11+. The number of halogens is 2. The second kappa shape index (κ2) is 5.93. The summed E-state index contributed by atoms with van der Waals surface area (Å²) in [5.41, 5.74) is 0.201. The number of likely N-dealkylation sites (tertiary alicyclic amines) is 1. The Morgan fingerprint density at radius 3 is 2.38 bits per heavy atom. The van der Waals surface area contributed by atoms with Crippen LogP contribution in [0, 0.1) is 11.8 Å². The fourth-order valence-corrected chi connectivity index (χ4v) is 3.76. The first-order valence-corrected chi connectivity index (χ1v) is 8.39. The molecule has 138 valence electrons. The zero-order valence-electron chi connectivity index (χ0n) is 13.7. The van der Waals surface area contributed by atoms with E-state index in [4.69, 9.17) is 0 Å². The van der Waals surface area contributed by atoms with Crippen LogP contribution in [0.15, 0.2) is 18.2 Å². The van der Waals surface area contributed by atoms with Gasteiger partial charge in [0.2, 0.25) is 17.7 Å². The number of hydrogen-bond donors (Lipinski definition) is 1. The van der Waals surface area contributed by atoms with E-state index in [0.29, 0.717) is 12.8 Å². The molecule has 1 N–H and O–H groups in total. The van der Waals surface area contributed by atoms with E-state index in [1.54, 1.807) is 0 Å². The van der Waals surface area contributed by atoms with Crippen molar-refractivity contribution in [1.29, 1.82) is 0 Å². The first-order valence-electron chi connectivity index (χ1n) is 8.39. The predicted octanol–water partition coefficient (Wildman–Crippen LogP) is 2.12. The maximum Gasteiger partial charge on any atom is 0.586 e. The molecule has 2 heterocycles. The lowest BCUT2D eigenvalue weighted by molar-refractivity contribution is -0.286. The van der Waals surface area contributed by atoms with E-state index in [2.05, 4.69) is 14.8 Å². The highest BCUT2D eigenvalue weighted by molar-refractivity contribution is 6.08. The molecule has 26 heavy (non-hydrogen) atoms. The summed E-state index contributed by atoms with van der Waals surface area (Å²) in [4.78, 5) is 37.9. The Morgan fingerprint density at radius 2 is 1.73 bits per heavy atom. The monoisotopic (exact) mass is 366 g/mol. The van der Waals surface area contributed by atoms with E-state index < -0.39 is 18.7 Å². The van der Waals surface area contributed by atoms with E-state index in [1.807, 2.05) is 0 Å². The van der Waals surface area contributed by atoms with Crippen LogP contribution < -0.4 is 14.8 Å². The second-order valence-corrected chi connectivity index (χ2v) is 6.64. The molecular weight excluding hydrogens is 350 g/mol. The van der Waals surface area contributed by atoms with E-state index in [-0.39, 0.29) is 40.8 Å². The van der Waals surface area contributed by atoms with Crippen molar-refractivity contribution in [2.75, 3.05) is 11.9 Å². The SMILES string of the molecule is O=C(CN1C(=O)[C@H]2CCCC[C@H]2C1=O)Nc1ccc2c(c1)OC(F)(F)O2. The Labute approximate surface area is 147 Å². The Kier molecular flexibility index (Phi) is 3.82. The van der Waals surface area contributed by atoms with Crippen molar-refractivity contribution in [3.05, 3.63) is 18.2 Å². The van der Waals surface area contributed by atoms with Crippen molar-refractivity contribution >= 4 is 23.4 Å². The van der Waals surface area contributed by atoms with Crippen LogP contribution in [-0.2, 0) is 14.4 Å². The Bertz CT molecular complexity index is 773. The van der Waals surface area contributed by atoms with E-state index in [1.165, 1.54) is 18.2 Å². The van der Waals surface area contributed by atoms with Crippen LogP contribution in [0.4, 0.5) is 14.5 Å². The quantitative estimate of drug-likeness (QED) is 0.829. The van der Waals surface area contributed by atoms with Gasteiger partial charge in [-0.3, -0.25) is 19.3 Å². The number of ether oxygens (including phenoxy) is 2. The number of nitrogens with zero attached hydrogens (tertiary/aromatic N) is 1. The predicted molar refractivity (Wildman–Crippen MR) is 83.4 cm³/mol. The van der Waals surface area contributed by atoms with Gasteiger partial charge in [-0.25, -0.2) is 0 Å². The average Bonchev–Trinajstić information content (AvgIpc) is 3.02. The number of carbonyl (C=O) groups excluding carboxylic acids is 3. The summed E-state index contributed by atoms with van der Waals surface area (Å²) in [6.45, 7) is -0.394. The normalized spacial score (nSPS) is 26.0. The molecule has 1 aromatic carbocycles. The van der Waals surface area contributed by atoms with Crippen LogP contribution in [0.3, 0.4) is 0 Å². The molecule has 1 saturated carbocycles. The minimum Gasteiger partial charge on any atom is -0.395 e. The number of hydrogen-bond acceptors (Lipinski definition) is 5. The molecule has 1 saturated heterocycles. The van der Waals surface area contributed by atoms with Crippen molar-refractivity contribution in [1.82, 2.24) is 4.90 Å². The molecule has 0 aromatic heterocycles. The lowest BCUT2D eigenvalue weighted by Gasteiger charge is -2.19. The zero-order chi connectivity index (χ0) is 18.5. The highest BCUT2D eigenvalue weighted by Gasteiger charge is 2.48. The van der Waals surface area contributed by atoms with Crippen LogP contribution >= 0.6 is 0 Å². The van der Waals surface area contributed by atoms with Crippen molar-refractivity contribution in [2.24, 2.45) is 11.8 Å². The average molecular weight is 366 g/mol. The van der Waals surface area contributed by atoms with Gasteiger partial charge in [-0.15, -0.1) is 8.78 Å². The molecule has 0 spiro atoms. The number of nitrogens with one attached hydrogen (secondary N) is 1. The summed E-state index contributed by atoms with van der Waals surface area (Å²) in [7, 11) is 0. The Hall–Kier alpha value is -2.71. The molecule has 0 unspecified atom stereocenters. The molecule has 7 nitrogen and oxygen atoms in total. The first kappa shape index (κ1) is 16.7. The molecule has 1 aromatic rings. The molecule has 2 aliphatic heterocycles. The van der Waals surface area contributed by atoms with Crippen LogP contribution in [-0.4, -0.2) is 35.5 Å². The van der Waals surface area contributed by atoms with Gasteiger partial charge in [0.05, 0.1) is 11.8 Å². The van der Waals surface area contributed by atoms with Crippen LogP contribution in [0.5, 0.6) is 11.5 Å². The van der Waals surface area contributed by atoms with Gasteiger partial charge in [-0.05, 0) is 25.0 Å². The van der Waals surface area contributed by atoms with Gasteiger partial charge in [-0.2, -0.15) is 0 Å². The highest BCUT2D eigenvalue weighted by Crippen LogP contribution is 2.42. The van der Waals surface area contributed by atoms with Crippen molar-refractivity contribution in [3.8, 4) is 11.5 Å². The summed E-state index contributed by atoms with van der Waals surface area (Å²) in [5, 5.41) is 2.48. The Morgan fingerprint density at radius 1 is 1.12 bits per heavy atom. The van der Waals surface area contributed by atoms with Crippen LogP contribution in [0.2, 0.25) is 0 Å². The van der Waals surface area contributed by atoms with Gasteiger partial charge in [0.1, 0.15) is 6.54 Å². The van der Waals surface area contributed by atoms with Gasteiger partial charge < -0.3 is 14.8 Å². The molecule has 3 amide bonds. The van der Waals surface area contributed by atoms with E-state index >= 15 is 0 Å². The fourth-order valence-electron chi connectivity index (χ4n) is 3.76. The topological polar surface area (TPSA) is 84.9 Å². The second-order valence-electron chi connectivity index (χ2n) is 6.64. The first-order chi connectivity index (χ1) is 12.3. The minimum absolute atomic E-state index is 0.137. The number of anilines is 1. The number of amides is 3. The Balaban J connectivity index is 1.42. The lowest BCUT2D eigenvalue weighted by atomic mass is 9.81. The number of carbonyl (C=O) groups is 3. The third-order valence-electron chi connectivity index (χ3n) is 4.92. The molecule has 0 radical (unpaired) electrons. The van der Waals surface area contributed by atoms with Crippen molar-refractivity contribution < 1.29 is 32.6 Å². The van der Waals surface area contributed by atoms with Crippen LogP contribution in [0.25, 0.3) is 0 Å². The smallest absolute Gasteiger partial charge is 0.395 e. The molecule has 4 rings (SSSR count). The maximum absolute atomic E-state index is 13.0. The largest absolute Gasteiger partial charge is 0.586 e. The van der Waals surface area contributed by atoms with Gasteiger partial charge in [0, 0.05) is 11.8 Å². The molecule has 2 fully saturated rings. The summed E-state index contributed by atoms with van der Waals surface area (Å²) < 4.78 is 34.6. The molecular formula is C17H16F2N2O5. The van der Waals surface area contributed by atoms with Gasteiger partial charge >= 0.3 is 6.29 Å². The third-order valence-corrected chi connectivity index (χ3v) is 4.92. The number of rotatable bonds is 3. The molecule has 0 bridgehead atoms. The third kappa shape index (κ3) is 2.87. The van der Waals surface area contributed by atoms with Gasteiger partial charge in [0.25, 0.3) is 0 Å². The highest BCUT2D eigenvalue weighted by atomic mass is 19.3. The summed E-state index contributed by atoms with van der Waals surface area (Å²) >= 11 is 0. The lowest BCUT2D eigenvalue weighted by Crippen LogP contribution is -2.38. The van der Waals surface area contributed by atoms with Crippen LogP contribution in [0.1, 0.15) is 25.7 Å². The van der Waals surface area contributed by atoms with Gasteiger partial charge in [0.15, 0.2) is 11.5 Å². The molecule has 9 heteroatoms. The molecule has 1 aliphatic carbocycles. The molecule has 2 atom stereocenters. The minimum atomic E-state index is -3.74. The fraction of sp³-hybridized carbons (Fsp3) is 0.471. The van der Waals surface area contributed by atoms with Crippen molar-refractivity contribution in [2.45, 2.75) is 32.0 Å². The van der Waals surface area contributed by atoms with Crippen molar-refractivity contribution in [3.63, 3.8) is 0 Å². The number of alkyl halides is 2.